The van der Waals surface area contributed by atoms with Crippen molar-refractivity contribution in [2.24, 2.45) is 0 Å². The summed E-state index contributed by atoms with van der Waals surface area (Å²) in [5.74, 6) is 0.129. The molecule has 3 aromatic rings. The summed E-state index contributed by atoms with van der Waals surface area (Å²) in [5, 5.41) is 6.66. The fraction of sp³-hybridized carbons (Fsp3) is 0.143. The Labute approximate surface area is 158 Å². The molecule has 0 aliphatic carbocycles. The second-order valence-corrected chi connectivity index (χ2v) is 6.67. The molecule has 5 heteroatoms. The third-order valence-corrected chi connectivity index (χ3v) is 4.31. The van der Waals surface area contributed by atoms with Crippen molar-refractivity contribution in [2.75, 3.05) is 10.6 Å². The van der Waals surface area contributed by atoms with Gasteiger partial charge in [0.05, 0.1) is 28.2 Å². The Hall–Kier alpha value is -2.85. The highest BCUT2D eigenvalue weighted by atomic mass is 35.5. The van der Waals surface area contributed by atoms with E-state index in [1.54, 1.807) is 24.4 Å². The van der Waals surface area contributed by atoms with Crippen LogP contribution in [0.25, 0.3) is 0 Å². The summed E-state index contributed by atoms with van der Waals surface area (Å²) in [6.07, 6.45) is 3.23. The van der Waals surface area contributed by atoms with Gasteiger partial charge in [-0.15, -0.1) is 0 Å². The summed E-state index contributed by atoms with van der Waals surface area (Å²) in [7, 11) is 0. The van der Waals surface area contributed by atoms with Gasteiger partial charge in [0.15, 0.2) is 0 Å². The lowest BCUT2D eigenvalue weighted by molar-refractivity contribution is 0.102. The maximum atomic E-state index is 12.5. The Morgan fingerprint density at radius 1 is 1.00 bits per heavy atom. The molecule has 2 aromatic carbocycles. The summed E-state index contributed by atoms with van der Waals surface area (Å²) in [6, 6.07) is 17.0. The first-order valence-corrected chi connectivity index (χ1v) is 8.79. The minimum absolute atomic E-state index is 0.258. The lowest BCUT2D eigenvalue weighted by Gasteiger charge is -2.15. The van der Waals surface area contributed by atoms with Gasteiger partial charge in [-0.1, -0.05) is 55.8 Å². The molecule has 0 saturated carbocycles. The van der Waals surface area contributed by atoms with Crippen LogP contribution in [-0.4, -0.2) is 10.9 Å². The lowest BCUT2D eigenvalue weighted by atomic mass is 10.0. The number of halogens is 1. The molecule has 1 aromatic heterocycles. The predicted octanol–water partition coefficient (Wildman–Crippen LogP) is 5.85. The van der Waals surface area contributed by atoms with E-state index in [0.29, 0.717) is 22.2 Å². The fourth-order valence-corrected chi connectivity index (χ4v) is 2.84. The van der Waals surface area contributed by atoms with Crippen molar-refractivity contribution in [1.29, 1.82) is 0 Å². The number of carbonyl (C=O) groups excluding carboxylic acids is 1. The average molecular weight is 366 g/mol. The van der Waals surface area contributed by atoms with E-state index in [1.807, 2.05) is 30.3 Å². The molecule has 0 saturated heterocycles. The monoisotopic (exact) mass is 365 g/mol. The number of nitrogens with one attached hydrogen (secondary N) is 2. The number of carbonyl (C=O) groups is 1. The van der Waals surface area contributed by atoms with Crippen LogP contribution in [0.4, 0.5) is 17.1 Å². The standard InChI is InChI=1S/C21H20ClN3O/c1-14(2)17-7-3-5-9-19(17)24-16-11-15(12-23-13-16)21(26)25-20-10-6-4-8-18(20)22/h3-14,24H,1-2H3,(H,25,26). The van der Waals surface area contributed by atoms with Crippen LogP contribution in [0.2, 0.25) is 5.02 Å². The van der Waals surface area contributed by atoms with E-state index < -0.39 is 0 Å². The van der Waals surface area contributed by atoms with Crippen LogP contribution in [0.5, 0.6) is 0 Å². The van der Waals surface area contributed by atoms with Crippen molar-refractivity contribution in [3.63, 3.8) is 0 Å². The van der Waals surface area contributed by atoms with Crippen molar-refractivity contribution < 1.29 is 4.79 Å². The van der Waals surface area contributed by atoms with Gasteiger partial charge in [0, 0.05) is 11.9 Å². The van der Waals surface area contributed by atoms with Crippen molar-refractivity contribution in [2.45, 2.75) is 19.8 Å². The number of rotatable bonds is 5. The molecule has 26 heavy (non-hydrogen) atoms. The third kappa shape index (κ3) is 4.21. The van der Waals surface area contributed by atoms with Crippen molar-refractivity contribution in [1.82, 2.24) is 4.98 Å². The fourth-order valence-electron chi connectivity index (χ4n) is 2.66. The number of pyridine rings is 1. The van der Waals surface area contributed by atoms with E-state index in [0.717, 1.165) is 11.4 Å². The molecular weight excluding hydrogens is 346 g/mol. The molecule has 2 N–H and O–H groups in total. The number of amides is 1. The van der Waals surface area contributed by atoms with E-state index in [2.05, 4.69) is 35.5 Å². The van der Waals surface area contributed by atoms with Crippen LogP contribution < -0.4 is 10.6 Å². The van der Waals surface area contributed by atoms with Gasteiger partial charge >= 0.3 is 0 Å². The molecule has 0 fully saturated rings. The number of hydrogen-bond acceptors (Lipinski definition) is 3. The molecule has 132 valence electrons. The zero-order valence-electron chi connectivity index (χ0n) is 14.7. The summed E-state index contributed by atoms with van der Waals surface area (Å²) in [5.41, 5.74) is 4.00. The van der Waals surface area contributed by atoms with Gasteiger partial charge in [0.1, 0.15) is 0 Å². The lowest BCUT2D eigenvalue weighted by Crippen LogP contribution is -2.13. The second-order valence-electron chi connectivity index (χ2n) is 6.26. The molecule has 0 spiro atoms. The number of nitrogens with zero attached hydrogens (tertiary/aromatic N) is 1. The Kier molecular flexibility index (Phi) is 5.54. The summed E-state index contributed by atoms with van der Waals surface area (Å²) in [6.45, 7) is 4.29. The quantitative estimate of drug-likeness (QED) is 0.595. The number of anilines is 3. The van der Waals surface area contributed by atoms with Crippen molar-refractivity contribution >= 4 is 34.6 Å². The second kappa shape index (κ2) is 8.02. The summed E-state index contributed by atoms with van der Waals surface area (Å²) in [4.78, 5) is 16.7. The van der Waals surface area contributed by atoms with Crippen LogP contribution in [0, 0.1) is 0 Å². The van der Waals surface area contributed by atoms with Gasteiger partial charge < -0.3 is 10.6 Å². The summed E-state index contributed by atoms with van der Waals surface area (Å²) < 4.78 is 0. The van der Waals surface area contributed by atoms with E-state index >= 15 is 0 Å². The minimum Gasteiger partial charge on any atom is -0.354 e. The number of para-hydroxylation sites is 2. The van der Waals surface area contributed by atoms with Crippen LogP contribution >= 0.6 is 11.6 Å². The zero-order valence-corrected chi connectivity index (χ0v) is 15.4. The first-order chi connectivity index (χ1) is 12.5. The largest absolute Gasteiger partial charge is 0.354 e. The van der Waals surface area contributed by atoms with Gasteiger partial charge in [-0.05, 0) is 35.7 Å². The molecule has 4 nitrogen and oxygen atoms in total. The number of benzene rings is 2. The highest BCUT2D eigenvalue weighted by molar-refractivity contribution is 6.33. The van der Waals surface area contributed by atoms with Crippen LogP contribution in [0.1, 0.15) is 35.7 Å². The molecule has 1 heterocycles. The van der Waals surface area contributed by atoms with Gasteiger partial charge in [-0.3, -0.25) is 9.78 Å². The van der Waals surface area contributed by atoms with Crippen LogP contribution in [0.3, 0.4) is 0 Å². The Balaban J connectivity index is 1.81. The molecule has 0 unspecified atom stereocenters. The zero-order chi connectivity index (χ0) is 18.5. The SMILES string of the molecule is CC(C)c1ccccc1Nc1cncc(C(=O)Nc2ccccc2Cl)c1. The maximum Gasteiger partial charge on any atom is 0.257 e. The van der Waals surface area contributed by atoms with E-state index in [9.17, 15) is 4.79 Å². The number of hydrogen-bond donors (Lipinski definition) is 2. The predicted molar refractivity (Wildman–Crippen MR) is 107 cm³/mol. The Morgan fingerprint density at radius 3 is 2.42 bits per heavy atom. The normalized spacial score (nSPS) is 10.6. The van der Waals surface area contributed by atoms with Gasteiger partial charge in [-0.25, -0.2) is 0 Å². The smallest absolute Gasteiger partial charge is 0.257 e. The van der Waals surface area contributed by atoms with Gasteiger partial charge in [-0.2, -0.15) is 0 Å². The van der Waals surface area contributed by atoms with Crippen LogP contribution in [-0.2, 0) is 0 Å². The van der Waals surface area contributed by atoms with Gasteiger partial charge in [0.25, 0.3) is 5.91 Å². The third-order valence-electron chi connectivity index (χ3n) is 3.98. The highest BCUT2D eigenvalue weighted by Gasteiger charge is 2.11. The van der Waals surface area contributed by atoms with E-state index in [1.165, 1.54) is 11.8 Å². The summed E-state index contributed by atoms with van der Waals surface area (Å²) >= 11 is 6.10. The molecule has 0 aliphatic rings. The molecule has 3 rings (SSSR count). The van der Waals surface area contributed by atoms with Gasteiger partial charge in [0.2, 0.25) is 0 Å². The van der Waals surface area contributed by atoms with E-state index in [4.69, 9.17) is 11.6 Å². The molecule has 0 aliphatic heterocycles. The van der Waals surface area contributed by atoms with Crippen LogP contribution in [0.15, 0.2) is 67.0 Å². The average Bonchev–Trinajstić information content (AvgIpc) is 2.64. The first kappa shape index (κ1) is 18.0. The molecule has 0 atom stereocenters. The maximum absolute atomic E-state index is 12.5. The van der Waals surface area contributed by atoms with E-state index in [-0.39, 0.29) is 5.91 Å². The Morgan fingerprint density at radius 2 is 1.69 bits per heavy atom. The Bertz CT molecular complexity index is 924. The number of aromatic nitrogens is 1. The highest BCUT2D eigenvalue weighted by Crippen LogP contribution is 2.27. The molecule has 0 radical (unpaired) electrons. The molecule has 1 amide bonds. The molecule has 0 bridgehead atoms. The molecular formula is C21H20ClN3O. The van der Waals surface area contributed by atoms with Crippen molar-refractivity contribution in [3.8, 4) is 0 Å². The van der Waals surface area contributed by atoms with Crippen molar-refractivity contribution in [3.05, 3.63) is 83.1 Å². The first-order valence-electron chi connectivity index (χ1n) is 8.41. The minimum atomic E-state index is -0.258. The topological polar surface area (TPSA) is 54.0 Å².